The maximum absolute atomic E-state index is 11.4. The first-order valence-electron chi connectivity index (χ1n) is 6.43. The van der Waals surface area contributed by atoms with Crippen LogP contribution in [-0.4, -0.2) is 45.3 Å². The second kappa shape index (κ2) is 10.4. The Morgan fingerprint density at radius 1 is 1.20 bits per heavy atom. The van der Waals surface area contributed by atoms with Crippen molar-refractivity contribution in [2.45, 2.75) is 45.1 Å². The van der Waals surface area contributed by atoms with E-state index in [2.05, 4.69) is 10.6 Å². The van der Waals surface area contributed by atoms with Crippen molar-refractivity contribution in [3.63, 3.8) is 0 Å². The smallest absolute Gasteiger partial charge is 0.321 e. The zero-order chi connectivity index (χ0) is 15.5. The molecule has 0 fully saturated rings. The van der Waals surface area contributed by atoms with E-state index in [-0.39, 0.29) is 18.9 Å². The highest BCUT2D eigenvalue weighted by atomic mass is 32.2. The van der Waals surface area contributed by atoms with E-state index in [1.807, 2.05) is 0 Å². The number of carboxylic acid groups (broad SMARTS) is 1. The molecule has 0 bridgehead atoms. The molecule has 0 radical (unpaired) electrons. The standard InChI is InChI=1S/C12H22N2O5S/c1-9(7-8-20(2)19)13-12(18)14-10(15)5-3-4-6-11(16)17/h9H,3-8H2,1-2H3,(H,16,17)(H2,13,14,15,18). The van der Waals surface area contributed by atoms with Crippen LogP contribution in [0.25, 0.3) is 0 Å². The van der Waals surface area contributed by atoms with Gasteiger partial charge in [-0.2, -0.15) is 0 Å². The average molecular weight is 306 g/mol. The van der Waals surface area contributed by atoms with E-state index >= 15 is 0 Å². The zero-order valence-corrected chi connectivity index (χ0v) is 12.6. The predicted octanol–water partition coefficient (Wildman–Crippen LogP) is 0.614. The Morgan fingerprint density at radius 3 is 2.35 bits per heavy atom. The summed E-state index contributed by atoms with van der Waals surface area (Å²) in [6.45, 7) is 1.77. The Kier molecular flexibility index (Phi) is 9.61. The van der Waals surface area contributed by atoms with E-state index in [9.17, 15) is 18.6 Å². The second-order valence-corrected chi connectivity index (χ2v) is 6.14. The van der Waals surface area contributed by atoms with E-state index in [1.54, 1.807) is 13.2 Å². The van der Waals surface area contributed by atoms with Crippen LogP contribution in [0.4, 0.5) is 4.79 Å². The van der Waals surface area contributed by atoms with E-state index in [1.165, 1.54) is 0 Å². The second-order valence-electron chi connectivity index (χ2n) is 4.59. The van der Waals surface area contributed by atoms with Crippen molar-refractivity contribution < 1.29 is 23.7 Å². The molecule has 0 aromatic rings. The molecule has 2 unspecified atom stereocenters. The van der Waals surface area contributed by atoms with Crippen LogP contribution in [0.15, 0.2) is 0 Å². The van der Waals surface area contributed by atoms with Gasteiger partial charge in [0.1, 0.15) is 0 Å². The largest absolute Gasteiger partial charge is 0.481 e. The van der Waals surface area contributed by atoms with E-state index in [4.69, 9.17) is 5.11 Å². The molecule has 116 valence electrons. The van der Waals surface area contributed by atoms with Crippen molar-refractivity contribution in [3.05, 3.63) is 0 Å². The number of nitrogens with one attached hydrogen (secondary N) is 2. The molecule has 0 aromatic carbocycles. The molecule has 0 aliphatic rings. The molecule has 0 saturated heterocycles. The van der Waals surface area contributed by atoms with Crippen molar-refractivity contribution in [2.24, 2.45) is 0 Å². The van der Waals surface area contributed by atoms with Gasteiger partial charge in [-0.05, 0) is 26.2 Å². The molecule has 20 heavy (non-hydrogen) atoms. The van der Waals surface area contributed by atoms with Gasteiger partial charge in [-0.15, -0.1) is 0 Å². The fourth-order valence-corrected chi connectivity index (χ4v) is 2.11. The average Bonchev–Trinajstić information content (AvgIpc) is 2.31. The highest BCUT2D eigenvalue weighted by molar-refractivity contribution is 7.84. The third-order valence-electron chi connectivity index (χ3n) is 2.51. The summed E-state index contributed by atoms with van der Waals surface area (Å²) in [6, 6.07) is -0.749. The summed E-state index contributed by atoms with van der Waals surface area (Å²) < 4.78 is 10.9. The first kappa shape index (κ1) is 18.6. The maximum atomic E-state index is 11.4. The fraction of sp³-hybridized carbons (Fsp3) is 0.750. The molecule has 0 saturated carbocycles. The number of aliphatic carboxylic acids is 1. The van der Waals surface area contributed by atoms with Crippen LogP contribution in [0, 0.1) is 0 Å². The molecular weight excluding hydrogens is 284 g/mol. The number of carbonyl (C=O) groups excluding carboxylic acids is 2. The van der Waals surface area contributed by atoms with Crippen molar-refractivity contribution in [1.29, 1.82) is 0 Å². The number of urea groups is 1. The minimum Gasteiger partial charge on any atom is -0.481 e. The number of hydrogen-bond donors (Lipinski definition) is 3. The van der Waals surface area contributed by atoms with Gasteiger partial charge in [0.25, 0.3) is 0 Å². The summed E-state index contributed by atoms with van der Waals surface area (Å²) in [7, 11) is -0.908. The lowest BCUT2D eigenvalue weighted by atomic mass is 10.2. The maximum Gasteiger partial charge on any atom is 0.321 e. The van der Waals surface area contributed by atoms with Crippen LogP contribution in [0.3, 0.4) is 0 Å². The lowest BCUT2D eigenvalue weighted by Gasteiger charge is -2.13. The van der Waals surface area contributed by atoms with Gasteiger partial charge in [-0.25, -0.2) is 4.79 Å². The number of carboxylic acids is 1. The topological polar surface area (TPSA) is 113 Å². The molecule has 3 amide bonds. The van der Waals surface area contributed by atoms with Gasteiger partial charge in [0.2, 0.25) is 5.91 Å². The Balaban J connectivity index is 3.76. The quantitative estimate of drug-likeness (QED) is 0.540. The Hall–Kier alpha value is -1.44. The predicted molar refractivity (Wildman–Crippen MR) is 75.8 cm³/mol. The molecule has 0 heterocycles. The van der Waals surface area contributed by atoms with Crippen LogP contribution in [0.1, 0.15) is 39.0 Å². The normalized spacial score (nSPS) is 13.3. The van der Waals surface area contributed by atoms with Gasteiger partial charge in [0, 0.05) is 41.7 Å². The minimum atomic E-state index is -0.908. The van der Waals surface area contributed by atoms with Gasteiger partial charge >= 0.3 is 12.0 Å². The fourth-order valence-electron chi connectivity index (χ4n) is 1.43. The number of imide groups is 1. The third kappa shape index (κ3) is 11.6. The lowest BCUT2D eigenvalue weighted by molar-refractivity contribution is -0.137. The Morgan fingerprint density at radius 2 is 1.80 bits per heavy atom. The van der Waals surface area contributed by atoms with E-state index in [0.29, 0.717) is 25.0 Å². The SMILES string of the molecule is CC(CCS(C)=O)NC(=O)NC(=O)CCCCC(=O)O. The van der Waals surface area contributed by atoms with Crippen LogP contribution in [0.2, 0.25) is 0 Å². The summed E-state index contributed by atoms with van der Waals surface area (Å²) in [5.41, 5.74) is 0. The minimum absolute atomic E-state index is 0.0185. The summed E-state index contributed by atoms with van der Waals surface area (Å²) in [4.78, 5) is 33.1. The number of rotatable bonds is 9. The first-order chi connectivity index (χ1) is 9.31. The van der Waals surface area contributed by atoms with Gasteiger partial charge in [0.05, 0.1) is 0 Å². The van der Waals surface area contributed by atoms with Crippen molar-refractivity contribution in [2.75, 3.05) is 12.0 Å². The van der Waals surface area contributed by atoms with Gasteiger partial charge < -0.3 is 10.4 Å². The van der Waals surface area contributed by atoms with E-state index < -0.39 is 28.7 Å². The molecule has 2 atom stereocenters. The Labute approximate surface area is 121 Å². The van der Waals surface area contributed by atoms with Gasteiger partial charge in [-0.1, -0.05) is 0 Å². The number of amides is 3. The molecule has 0 aliphatic heterocycles. The monoisotopic (exact) mass is 306 g/mol. The molecule has 0 aromatic heterocycles. The van der Waals surface area contributed by atoms with Crippen molar-refractivity contribution >= 4 is 28.7 Å². The number of hydrogen-bond acceptors (Lipinski definition) is 4. The molecule has 8 heteroatoms. The van der Waals surface area contributed by atoms with E-state index in [0.717, 1.165) is 0 Å². The lowest BCUT2D eigenvalue weighted by Crippen LogP contribution is -2.43. The van der Waals surface area contributed by atoms with Crippen LogP contribution in [-0.2, 0) is 20.4 Å². The molecule has 0 aliphatic carbocycles. The van der Waals surface area contributed by atoms with Gasteiger partial charge in [0.15, 0.2) is 0 Å². The molecule has 7 nitrogen and oxygen atoms in total. The van der Waals surface area contributed by atoms with Crippen LogP contribution < -0.4 is 10.6 Å². The van der Waals surface area contributed by atoms with Crippen LogP contribution >= 0.6 is 0 Å². The number of unbranched alkanes of at least 4 members (excludes halogenated alkanes) is 1. The zero-order valence-electron chi connectivity index (χ0n) is 11.8. The number of carbonyl (C=O) groups is 3. The summed E-state index contributed by atoms with van der Waals surface area (Å²) in [5.74, 6) is -0.839. The van der Waals surface area contributed by atoms with Crippen molar-refractivity contribution in [3.8, 4) is 0 Å². The molecule has 3 N–H and O–H groups in total. The van der Waals surface area contributed by atoms with Crippen molar-refractivity contribution in [1.82, 2.24) is 10.6 Å². The summed E-state index contributed by atoms with van der Waals surface area (Å²) in [5, 5.41) is 13.2. The highest BCUT2D eigenvalue weighted by Gasteiger charge is 2.11. The molecule has 0 rings (SSSR count). The first-order valence-corrected chi connectivity index (χ1v) is 8.16. The highest BCUT2D eigenvalue weighted by Crippen LogP contribution is 1.99. The molecular formula is C12H22N2O5S. The van der Waals surface area contributed by atoms with Crippen LogP contribution in [0.5, 0.6) is 0 Å². The summed E-state index contributed by atoms with van der Waals surface area (Å²) >= 11 is 0. The summed E-state index contributed by atoms with van der Waals surface area (Å²) in [6.07, 6.45) is 3.13. The molecule has 0 spiro atoms. The Bertz CT molecular complexity index is 373. The third-order valence-corrected chi connectivity index (χ3v) is 3.32. The van der Waals surface area contributed by atoms with Gasteiger partial charge in [-0.3, -0.25) is 19.1 Å².